The van der Waals surface area contributed by atoms with E-state index in [1.54, 1.807) is 0 Å². The fraction of sp³-hybridized carbons (Fsp3) is 0.625. The maximum atomic E-state index is 12.9. The molecule has 0 saturated heterocycles. The molecule has 6 heteroatoms. The summed E-state index contributed by atoms with van der Waals surface area (Å²) in [6.07, 6.45) is 4.37. The van der Waals surface area contributed by atoms with Crippen LogP contribution in [-0.4, -0.2) is 37.2 Å². The number of aliphatic hydroxyl groups is 1. The molecule has 0 aromatic heterocycles. The molecule has 2 rings (SSSR count). The average Bonchev–Trinajstić information content (AvgIpc) is 2.48. The predicted molar refractivity (Wildman–Crippen MR) is 84.4 cm³/mol. The Morgan fingerprint density at radius 1 is 1.23 bits per heavy atom. The SMILES string of the molecule is CN(CC(O)c1ccc(F)cc1)S(=O)(=O)CC1CCCCC1. The lowest BCUT2D eigenvalue weighted by Gasteiger charge is -2.26. The summed E-state index contributed by atoms with van der Waals surface area (Å²) in [5.41, 5.74) is 0.515. The molecule has 22 heavy (non-hydrogen) atoms. The summed E-state index contributed by atoms with van der Waals surface area (Å²) in [6.45, 7) is -0.0132. The Labute approximate surface area is 132 Å². The number of halogens is 1. The number of likely N-dealkylation sites (N-methyl/N-ethyl adjacent to an activating group) is 1. The number of rotatable bonds is 6. The van der Waals surface area contributed by atoms with Crippen molar-refractivity contribution in [2.75, 3.05) is 19.3 Å². The third kappa shape index (κ3) is 4.76. The van der Waals surface area contributed by atoms with Gasteiger partial charge >= 0.3 is 0 Å². The Kier molecular flexibility index (Phi) is 5.94. The van der Waals surface area contributed by atoms with Gasteiger partial charge in [-0.2, -0.15) is 0 Å². The summed E-state index contributed by atoms with van der Waals surface area (Å²) in [7, 11) is -1.88. The van der Waals surface area contributed by atoms with Gasteiger partial charge in [-0.3, -0.25) is 0 Å². The van der Waals surface area contributed by atoms with Crippen molar-refractivity contribution in [2.24, 2.45) is 5.92 Å². The number of hydrogen-bond acceptors (Lipinski definition) is 3. The Balaban J connectivity index is 1.94. The van der Waals surface area contributed by atoms with Crippen LogP contribution in [0, 0.1) is 11.7 Å². The van der Waals surface area contributed by atoms with Gasteiger partial charge in [-0.15, -0.1) is 0 Å². The number of hydrogen-bond donors (Lipinski definition) is 1. The summed E-state index contributed by atoms with van der Waals surface area (Å²) in [5.74, 6) is -0.00185. The van der Waals surface area contributed by atoms with Crippen LogP contribution in [-0.2, 0) is 10.0 Å². The van der Waals surface area contributed by atoms with Gasteiger partial charge in [-0.25, -0.2) is 17.1 Å². The minimum Gasteiger partial charge on any atom is -0.387 e. The van der Waals surface area contributed by atoms with Crippen molar-refractivity contribution >= 4 is 10.0 Å². The first-order valence-corrected chi connectivity index (χ1v) is 9.37. The van der Waals surface area contributed by atoms with E-state index in [0.29, 0.717) is 5.56 Å². The van der Waals surface area contributed by atoms with E-state index in [2.05, 4.69) is 0 Å². The zero-order chi connectivity index (χ0) is 16.2. The normalized spacial score (nSPS) is 18.5. The topological polar surface area (TPSA) is 57.6 Å². The van der Waals surface area contributed by atoms with Crippen LogP contribution in [0.2, 0.25) is 0 Å². The fourth-order valence-electron chi connectivity index (χ4n) is 2.93. The van der Waals surface area contributed by atoms with E-state index >= 15 is 0 Å². The third-order valence-electron chi connectivity index (χ3n) is 4.33. The van der Waals surface area contributed by atoms with Crippen LogP contribution in [0.5, 0.6) is 0 Å². The van der Waals surface area contributed by atoms with Crippen molar-refractivity contribution in [3.8, 4) is 0 Å². The highest BCUT2D eigenvalue weighted by atomic mass is 32.2. The van der Waals surface area contributed by atoms with Gasteiger partial charge in [0.1, 0.15) is 5.82 Å². The first-order valence-electron chi connectivity index (χ1n) is 7.76. The van der Waals surface area contributed by atoms with E-state index in [0.717, 1.165) is 25.7 Å². The lowest BCUT2D eigenvalue weighted by molar-refractivity contribution is 0.154. The quantitative estimate of drug-likeness (QED) is 0.873. The highest BCUT2D eigenvalue weighted by molar-refractivity contribution is 7.89. The van der Waals surface area contributed by atoms with Gasteiger partial charge in [0.2, 0.25) is 10.0 Å². The molecule has 1 aromatic rings. The molecule has 1 atom stereocenters. The number of benzene rings is 1. The molecule has 0 amide bonds. The predicted octanol–water partition coefficient (Wildman–Crippen LogP) is 2.70. The molecule has 124 valence electrons. The standard InChI is InChI=1S/C16H24FNO3S/c1-18(11-16(19)14-7-9-15(17)10-8-14)22(20,21)12-13-5-3-2-4-6-13/h7-10,13,16,19H,2-6,11-12H2,1H3. The second kappa shape index (κ2) is 7.53. The van der Waals surface area contributed by atoms with Crippen molar-refractivity contribution in [2.45, 2.75) is 38.2 Å². The third-order valence-corrected chi connectivity index (χ3v) is 6.32. The van der Waals surface area contributed by atoms with E-state index in [1.807, 2.05) is 0 Å². The minimum absolute atomic E-state index is 0.0132. The Bertz CT molecular complexity index is 568. The van der Waals surface area contributed by atoms with Gasteiger partial charge in [0.15, 0.2) is 0 Å². The van der Waals surface area contributed by atoms with E-state index in [4.69, 9.17) is 0 Å². The molecule has 0 radical (unpaired) electrons. The average molecular weight is 329 g/mol. The van der Waals surface area contributed by atoms with Gasteiger partial charge in [0, 0.05) is 13.6 Å². The van der Waals surface area contributed by atoms with Crippen molar-refractivity contribution in [3.63, 3.8) is 0 Å². The Morgan fingerprint density at radius 3 is 2.41 bits per heavy atom. The number of aliphatic hydroxyl groups excluding tert-OH is 1. The Hall–Kier alpha value is -0.980. The molecular formula is C16H24FNO3S. The molecule has 4 nitrogen and oxygen atoms in total. The smallest absolute Gasteiger partial charge is 0.214 e. The van der Waals surface area contributed by atoms with Gasteiger partial charge in [0.25, 0.3) is 0 Å². The second-order valence-corrected chi connectivity index (χ2v) is 8.25. The van der Waals surface area contributed by atoms with Crippen LogP contribution in [0.1, 0.15) is 43.8 Å². The highest BCUT2D eigenvalue weighted by Gasteiger charge is 2.26. The van der Waals surface area contributed by atoms with Crippen LogP contribution < -0.4 is 0 Å². The summed E-state index contributed by atoms with van der Waals surface area (Å²) < 4.78 is 38.8. The van der Waals surface area contributed by atoms with Crippen LogP contribution in [0.4, 0.5) is 4.39 Å². The molecule has 1 saturated carbocycles. The monoisotopic (exact) mass is 329 g/mol. The Morgan fingerprint density at radius 2 is 1.82 bits per heavy atom. The number of nitrogens with zero attached hydrogens (tertiary/aromatic N) is 1. The van der Waals surface area contributed by atoms with Gasteiger partial charge in [0.05, 0.1) is 11.9 Å². The van der Waals surface area contributed by atoms with Crippen LogP contribution >= 0.6 is 0 Å². The second-order valence-electron chi connectivity index (χ2n) is 6.13. The van der Waals surface area contributed by atoms with E-state index in [9.17, 15) is 17.9 Å². The maximum absolute atomic E-state index is 12.9. The highest BCUT2D eigenvalue weighted by Crippen LogP contribution is 2.26. The molecular weight excluding hydrogens is 305 g/mol. The van der Waals surface area contributed by atoms with E-state index in [-0.39, 0.29) is 24.0 Å². The molecule has 1 aromatic carbocycles. The zero-order valence-corrected chi connectivity index (χ0v) is 13.7. The van der Waals surface area contributed by atoms with Crippen LogP contribution in [0.25, 0.3) is 0 Å². The van der Waals surface area contributed by atoms with Gasteiger partial charge < -0.3 is 5.11 Å². The summed E-state index contributed by atoms with van der Waals surface area (Å²) >= 11 is 0. The van der Waals surface area contributed by atoms with Crippen LogP contribution in [0.15, 0.2) is 24.3 Å². The van der Waals surface area contributed by atoms with Crippen molar-refractivity contribution in [3.05, 3.63) is 35.6 Å². The fourth-order valence-corrected chi connectivity index (χ4v) is 4.48. The van der Waals surface area contributed by atoms with Crippen molar-refractivity contribution in [1.29, 1.82) is 0 Å². The minimum atomic E-state index is -3.37. The van der Waals surface area contributed by atoms with Gasteiger partial charge in [-0.1, -0.05) is 31.4 Å². The van der Waals surface area contributed by atoms with E-state index < -0.39 is 16.1 Å². The molecule has 0 aliphatic heterocycles. The first kappa shape index (κ1) is 17.4. The maximum Gasteiger partial charge on any atom is 0.214 e. The first-order chi connectivity index (χ1) is 10.4. The molecule has 1 aliphatic rings. The van der Waals surface area contributed by atoms with E-state index in [1.165, 1.54) is 42.0 Å². The molecule has 1 fully saturated rings. The molecule has 1 aliphatic carbocycles. The lowest BCUT2D eigenvalue weighted by Crippen LogP contribution is -2.35. The van der Waals surface area contributed by atoms with Crippen molar-refractivity contribution in [1.82, 2.24) is 4.31 Å². The largest absolute Gasteiger partial charge is 0.387 e. The van der Waals surface area contributed by atoms with Crippen molar-refractivity contribution < 1.29 is 17.9 Å². The summed E-state index contributed by atoms with van der Waals surface area (Å²) in [4.78, 5) is 0. The molecule has 1 N–H and O–H groups in total. The summed E-state index contributed by atoms with van der Waals surface area (Å²) in [6, 6.07) is 5.47. The lowest BCUT2D eigenvalue weighted by atomic mass is 9.91. The van der Waals surface area contributed by atoms with Gasteiger partial charge in [-0.05, 0) is 36.5 Å². The molecule has 1 unspecified atom stereocenters. The molecule has 0 bridgehead atoms. The number of sulfonamides is 1. The summed E-state index contributed by atoms with van der Waals surface area (Å²) in [5, 5.41) is 10.1. The van der Waals surface area contributed by atoms with Crippen LogP contribution in [0.3, 0.4) is 0 Å². The zero-order valence-electron chi connectivity index (χ0n) is 12.9. The molecule has 0 spiro atoms. The molecule has 0 heterocycles.